The van der Waals surface area contributed by atoms with E-state index >= 15 is 0 Å². The van der Waals surface area contributed by atoms with Crippen LogP contribution in [0.5, 0.6) is 0 Å². The van der Waals surface area contributed by atoms with Gasteiger partial charge in [-0.3, -0.25) is 9.69 Å². The van der Waals surface area contributed by atoms with Gasteiger partial charge in [0.1, 0.15) is 12.1 Å². The Hall–Kier alpha value is -3.22. The summed E-state index contributed by atoms with van der Waals surface area (Å²) in [6.45, 7) is 3.29. The summed E-state index contributed by atoms with van der Waals surface area (Å²) in [7, 11) is 0. The molecule has 1 aliphatic heterocycles. The first-order chi connectivity index (χ1) is 15.0. The average molecular weight is 432 g/mol. The Morgan fingerprint density at radius 1 is 0.903 bits per heavy atom. The molecule has 1 fully saturated rings. The first-order valence-electron chi connectivity index (χ1n) is 10.2. The van der Waals surface area contributed by atoms with Gasteiger partial charge in [0.05, 0.1) is 12.1 Å². The summed E-state index contributed by atoms with van der Waals surface area (Å²) in [5, 5.41) is 3.86. The number of halogens is 1. The molecule has 0 bridgehead atoms. The molecular formula is C24H22ClN5O. The van der Waals surface area contributed by atoms with Crippen molar-refractivity contribution in [3.63, 3.8) is 0 Å². The molecule has 0 spiro atoms. The average Bonchev–Trinajstić information content (AvgIpc) is 2.76. The summed E-state index contributed by atoms with van der Waals surface area (Å²) in [6, 6.07) is 18.2. The number of hydrogen-bond donors (Lipinski definition) is 1. The molecule has 3 aromatic carbocycles. The maximum absolute atomic E-state index is 12.8. The lowest BCUT2D eigenvalue weighted by molar-refractivity contribution is -0.136. The highest BCUT2D eigenvalue weighted by Gasteiger charge is 2.24. The maximum atomic E-state index is 12.8. The molecule has 1 aromatic heterocycles. The molecule has 0 unspecified atom stereocenters. The second kappa shape index (κ2) is 8.13. The van der Waals surface area contributed by atoms with Crippen LogP contribution in [0.15, 0.2) is 60.9 Å². The van der Waals surface area contributed by atoms with Gasteiger partial charge in [-0.15, -0.1) is 0 Å². The number of piperazine rings is 1. The van der Waals surface area contributed by atoms with E-state index in [0.29, 0.717) is 25.5 Å². The van der Waals surface area contributed by atoms with E-state index in [1.165, 1.54) is 11.9 Å². The van der Waals surface area contributed by atoms with Gasteiger partial charge in [-0.25, -0.2) is 9.97 Å². The van der Waals surface area contributed by atoms with Gasteiger partial charge in [-0.05, 0) is 52.2 Å². The number of nitrogen functional groups attached to an aromatic ring is 1. The lowest BCUT2D eigenvalue weighted by Crippen LogP contribution is -2.49. The van der Waals surface area contributed by atoms with Crippen LogP contribution in [-0.2, 0) is 17.9 Å². The minimum absolute atomic E-state index is 0.140. The second-order valence-corrected chi connectivity index (χ2v) is 8.40. The first-order valence-corrected chi connectivity index (χ1v) is 10.6. The zero-order valence-electron chi connectivity index (χ0n) is 17.0. The van der Waals surface area contributed by atoms with Crippen LogP contribution in [0.2, 0.25) is 5.02 Å². The highest BCUT2D eigenvalue weighted by atomic mass is 35.5. The number of aromatic nitrogens is 2. The van der Waals surface area contributed by atoms with Crippen LogP contribution >= 0.6 is 11.6 Å². The summed E-state index contributed by atoms with van der Waals surface area (Å²) in [5.74, 6) is 0.610. The number of fused-ring (bicyclic) bond motifs is 2. The topological polar surface area (TPSA) is 75.3 Å². The molecule has 5 rings (SSSR count). The number of rotatable bonds is 4. The van der Waals surface area contributed by atoms with Crippen molar-refractivity contribution in [2.24, 2.45) is 0 Å². The highest BCUT2D eigenvalue weighted by Crippen LogP contribution is 2.22. The number of nitrogens with zero attached hydrogens (tertiary/aromatic N) is 4. The number of benzene rings is 3. The van der Waals surface area contributed by atoms with Gasteiger partial charge in [-0.2, -0.15) is 0 Å². The molecular weight excluding hydrogens is 410 g/mol. The van der Waals surface area contributed by atoms with E-state index in [1.807, 2.05) is 41.3 Å². The summed E-state index contributed by atoms with van der Waals surface area (Å²) < 4.78 is 0. The van der Waals surface area contributed by atoms with Crippen LogP contribution in [0.4, 0.5) is 5.82 Å². The van der Waals surface area contributed by atoms with Gasteiger partial charge in [0.2, 0.25) is 5.91 Å². The Kier molecular flexibility index (Phi) is 5.18. The molecule has 31 heavy (non-hydrogen) atoms. The molecule has 4 aromatic rings. The number of carbonyl (C=O) groups excluding carboxylic acids is 1. The zero-order chi connectivity index (χ0) is 21.4. The molecule has 1 aliphatic rings. The SMILES string of the molecule is Nc1ncnc2cc(CN3CCN(Cc4ccc5cc(Cl)ccc5c4)CC3=O)ccc12. The van der Waals surface area contributed by atoms with E-state index in [0.717, 1.165) is 45.4 Å². The molecule has 0 radical (unpaired) electrons. The molecule has 2 N–H and O–H groups in total. The van der Waals surface area contributed by atoms with Gasteiger partial charge in [0.15, 0.2) is 0 Å². The minimum atomic E-state index is 0.140. The van der Waals surface area contributed by atoms with E-state index in [1.54, 1.807) is 0 Å². The molecule has 1 saturated heterocycles. The minimum Gasteiger partial charge on any atom is -0.383 e. The Bertz CT molecular complexity index is 1290. The van der Waals surface area contributed by atoms with E-state index in [2.05, 4.69) is 33.1 Å². The molecule has 0 aliphatic carbocycles. The predicted molar refractivity (Wildman–Crippen MR) is 124 cm³/mol. The quantitative estimate of drug-likeness (QED) is 0.531. The summed E-state index contributed by atoms with van der Waals surface area (Å²) >= 11 is 6.08. The number of nitrogens with two attached hydrogens (primary N) is 1. The monoisotopic (exact) mass is 431 g/mol. The molecule has 7 heteroatoms. The maximum Gasteiger partial charge on any atom is 0.237 e. The van der Waals surface area contributed by atoms with E-state index in [4.69, 9.17) is 17.3 Å². The largest absolute Gasteiger partial charge is 0.383 e. The van der Waals surface area contributed by atoms with Crippen LogP contribution < -0.4 is 5.73 Å². The number of carbonyl (C=O) groups is 1. The normalized spacial score (nSPS) is 15.1. The van der Waals surface area contributed by atoms with E-state index in [9.17, 15) is 4.79 Å². The highest BCUT2D eigenvalue weighted by molar-refractivity contribution is 6.31. The lowest BCUT2D eigenvalue weighted by atomic mass is 10.1. The van der Waals surface area contributed by atoms with Crippen molar-refractivity contribution in [3.8, 4) is 0 Å². The summed E-state index contributed by atoms with van der Waals surface area (Å²) in [5.41, 5.74) is 8.94. The van der Waals surface area contributed by atoms with Gasteiger partial charge in [-0.1, -0.05) is 35.9 Å². The number of hydrogen-bond acceptors (Lipinski definition) is 5. The summed E-state index contributed by atoms with van der Waals surface area (Å²) in [6.07, 6.45) is 1.47. The van der Waals surface area contributed by atoms with Crippen molar-refractivity contribution in [2.45, 2.75) is 13.1 Å². The van der Waals surface area contributed by atoms with Gasteiger partial charge in [0, 0.05) is 36.6 Å². The molecule has 6 nitrogen and oxygen atoms in total. The Balaban J connectivity index is 1.24. The Morgan fingerprint density at radius 3 is 2.55 bits per heavy atom. The molecule has 0 atom stereocenters. The molecule has 1 amide bonds. The summed E-state index contributed by atoms with van der Waals surface area (Å²) in [4.78, 5) is 25.2. The third-order valence-corrected chi connectivity index (χ3v) is 6.01. The van der Waals surface area contributed by atoms with Crippen LogP contribution in [0.25, 0.3) is 21.7 Å². The smallest absolute Gasteiger partial charge is 0.237 e. The van der Waals surface area contributed by atoms with Crippen LogP contribution in [-0.4, -0.2) is 45.3 Å². The van der Waals surface area contributed by atoms with Crippen molar-refractivity contribution < 1.29 is 4.79 Å². The van der Waals surface area contributed by atoms with Crippen molar-refractivity contribution >= 4 is 45.0 Å². The van der Waals surface area contributed by atoms with Crippen molar-refractivity contribution in [1.82, 2.24) is 19.8 Å². The van der Waals surface area contributed by atoms with E-state index < -0.39 is 0 Å². The number of amides is 1. The van der Waals surface area contributed by atoms with Crippen LogP contribution in [0.1, 0.15) is 11.1 Å². The lowest BCUT2D eigenvalue weighted by Gasteiger charge is -2.34. The van der Waals surface area contributed by atoms with Gasteiger partial charge >= 0.3 is 0 Å². The van der Waals surface area contributed by atoms with Crippen molar-refractivity contribution in [1.29, 1.82) is 0 Å². The zero-order valence-corrected chi connectivity index (χ0v) is 17.7. The standard InChI is InChI=1S/C24H22ClN5O/c25-20-5-4-18-9-16(1-3-19(18)11-20)12-29-7-8-30(23(31)14-29)13-17-2-6-21-22(10-17)27-15-28-24(21)26/h1-6,9-11,15H,7-8,12-14H2,(H2,26,27,28). The predicted octanol–water partition coefficient (Wildman–Crippen LogP) is 3.86. The van der Waals surface area contributed by atoms with Crippen LogP contribution in [0.3, 0.4) is 0 Å². The fourth-order valence-electron chi connectivity index (χ4n) is 4.12. The Labute approximate surface area is 185 Å². The van der Waals surface area contributed by atoms with Crippen LogP contribution in [0, 0.1) is 0 Å². The van der Waals surface area contributed by atoms with Gasteiger partial charge < -0.3 is 10.6 Å². The Morgan fingerprint density at radius 2 is 1.68 bits per heavy atom. The van der Waals surface area contributed by atoms with Crippen molar-refractivity contribution in [3.05, 3.63) is 77.1 Å². The first kappa shape index (κ1) is 19.7. The van der Waals surface area contributed by atoms with Gasteiger partial charge in [0.25, 0.3) is 0 Å². The third-order valence-electron chi connectivity index (χ3n) is 5.78. The van der Waals surface area contributed by atoms with E-state index in [-0.39, 0.29) is 5.91 Å². The fourth-order valence-corrected chi connectivity index (χ4v) is 4.30. The second-order valence-electron chi connectivity index (χ2n) is 7.96. The molecule has 0 saturated carbocycles. The molecule has 156 valence electrons. The third kappa shape index (κ3) is 4.17. The fraction of sp³-hybridized carbons (Fsp3) is 0.208. The molecule has 2 heterocycles. The van der Waals surface area contributed by atoms with Crippen molar-refractivity contribution in [2.75, 3.05) is 25.4 Å². The number of anilines is 1.